The van der Waals surface area contributed by atoms with E-state index in [1.807, 2.05) is 11.8 Å². The van der Waals surface area contributed by atoms with Crippen molar-refractivity contribution in [3.05, 3.63) is 88.5 Å². The quantitative estimate of drug-likeness (QED) is 0.143. The number of hydrogen-bond acceptors (Lipinski definition) is 1. The fraction of sp³-hybridized carbons (Fsp3) is 0.389. The van der Waals surface area contributed by atoms with E-state index >= 15 is 0 Å². The van der Waals surface area contributed by atoms with Gasteiger partial charge in [0, 0.05) is 4.90 Å². The third-order valence-electron chi connectivity index (χ3n) is 8.02. The summed E-state index contributed by atoms with van der Waals surface area (Å²) in [5.41, 5.74) is 6.86. The second-order valence-electron chi connectivity index (χ2n) is 10.9. The Hall–Kier alpha value is -2.51. The predicted molar refractivity (Wildman–Crippen MR) is 169 cm³/mol. The number of unbranched alkanes of at least 4 members (excludes halogenated alkanes) is 2. The Morgan fingerprint density at radius 2 is 1.16 bits per heavy atom. The molecule has 0 fully saturated rings. The van der Waals surface area contributed by atoms with Crippen LogP contribution in [0, 0.1) is 6.92 Å². The second-order valence-corrected chi connectivity index (χ2v) is 11.8. The molecule has 0 aliphatic carbocycles. The van der Waals surface area contributed by atoms with E-state index in [0.29, 0.717) is 11.8 Å². The number of benzene rings is 4. The average Bonchev–Trinajstić information content (AvgIpc) is 2.92. The minimum Gasteiger partial charge on any atom is -0.129 e. The number of fused-ring (bicyclic) bond motifs is 2. The smallest absolute Gasteiger partial charge is 0.0148 e. The van der Waals surface area contributed by atoms with Crippen LogP contribution in [0.25, 0.3) is 33.7 Å². The first-order valence-corrected chi connectivity index (χ1v) is 15.5. The molecule has 2 atom stereocenters. The zero-order valence-corrected chi connectivity index (χ0v) is 24.6. The van der Waals surface area contributed by atoms with Gasteiger partial charge < -0.3 is 0 Å². The summed E-state index contributed by atoms with van der Waals surface area (Å²) in [5.74, 6) is 1.24. The molecule has 0 saturated carbocycles. The van der Waals surface area contributed by atoms with Crippen LogP contribution in [-0.4, -0.2) is 6.26 Å². The molecule has 0 bridgehead atoms. The molecule has 194 valence electrons. The highest BCUT2D eigenvalue weighted by Gasteiger charge is 2.10. The zero-order chi connectivity index (χ0) is 26.4. The maximum atomic E-state index is 2.41. The van der Waals surface area contributed by atoms with E-state index in [9.17, 15) is 0 Å². The van der Waals surface area contributed by atoms with Crippen LogP contribution in [0.1, 0.15) is 106 Å². The lowest BCUT2D eigenvalue weighted by Crippen LogP contribution is -1.94. The molecule has 0 radical (unpaired) electrons. The Morgan fingerprint density at radius 3 is 1.70 bits per heavy atom. The van der Waals surface area contributed by atoms with Crippen molar-refractivity contribution in [1.82, 2.24) is 0 Å². The van der Waals surface area contributed by atoms with Crippen LogP contribution in [0.5, 0.6) is 0 Å². The van der Waals surface area contributed by atoms with Crippen molar-refractivity contribution >= 4 is 45.5 Å². The predicted octanol–water partition coefficient (Wildman–Crippen LogP) is 11.8. The average molecular weight is 509 g/mol. The van der Waals surface area contributed by atoms with Gasteiger partial charge in [0.2, 0.25) is 0 Å². The van der Waals surface area contributed by atoms with E-state index in [-0.39, 0.29) is 0 Å². The summed E-state index contributed by atoms with van der Waals surface area (Å²) in [6.45, 7) is 11.5. The summed E-state index contributed by atoms with van der Waals surface area (Å²) >= 11 is 1.84. The fourth-order valence-electron chi connectivity index (χ4n) is 5.39. The van der Waals surface area contributed by atoms with Gasteiger partial charge >= 0.3 is 0 Å². The minimum atomic E-state index is 0.619. The standard InChI is InChI=1S/C36H44S/c1-7-9-11-25(3)28-13-16-31-20-30(27(5)19-34(31)21-28)15-18-33-23-32-17-14-29(26(4)12-10-8-2)22-35(32)24-36(33)37-6/h13-26H,7-12H2,1-6H3/b18-15+. The van der Waals surface area contributed by atoms with Crippen LogP contribution in [-0.2, 0) is 0 Å². The first-order valence-electron chi connectivity index (χ1n) is 14.3. The summed E-state index contributed by atoms with van der Waals surface area (Å²) in [6.07, 6.45) is 14.5. The lowest BCUT2D eigenvalue weighted by Gasteiger charge is -2.14. The van der Waals surface area contributed by atoms with Crippen molar-refractivity contribution in [2.45, 2.75) is 89.9 Å². The molecular formula is C36H44S. The molecule has 0 aliphatic rings. The molecule has 0 saturated heterocycles. The first-order chi connectivity index (χ1) is 17.9. The molecular weight excluding hydrogens is 464 g/mol. The van der Waals surface area contributed by atoms with Crippen LogP contribution in [0.4, 0.5) is 0 Å². The maximum absolute atomic E-state index is 2.41. The SMILES string of the molecule is CCCCC(C)c1ccc2cc(/C=C/c3cc4ccc(C(C)CCCC)cc4cc3SC)c(C)cc2c1. The fourth-order valence-corrected chi connectivity index (χ4v) is 6.00. The molecule has 0 amide bonds. The van der Waals surface area contributed by atoms with E-state index in [2.05, 4.69) is 114 Å². The number of hydrogen-bond donors (Lipinski definition) is 0. The van der Waals surface area contributed by atoms with E-state index in [1.54, 1.807) is 0 Å². The maximum Gasteiger partial charge on any atom is 0.0148 e. The van der Waals surface area contributed by atoms with Crippen LogP contribution < -0.4 is 0 Å². The summed E-state index contributed by atoms with van der Waals surface area (Å²) in [5, 5.41) is 5.36. The van der Waals surface area contributed by atoms with Gasteiger partial charge in [-0.05, 0) is 105 Å². The highest BCUT2D eigenvalue weighted by atomic mass is 32.2. The van der Waals surface area contributed by atoms with Crippen molar-refractivity contribution in [2.24, 2.45) is 0 Å². The molecule has 0 aromatic heterocycles. The van der Waals surface area contributed by atoms with Gasteiger partial charge in [-0.25, -0.2) is 0 Å². The van der Waals surface area contributed by atoms with E-state index < -0.39 is 0 Å². The summed E-state index contributed by atoms with van der Waals surface area (Å²) in [7, 11) is 0. The molecule has 37 heavy (non-hydrogen) atoms. The second kappa shape index (κ2) is 12.8. The first kappa shape index (κ1) is 27.5. The normalized spacial score (nSPS) is 13.6. The molecule has 0 aliphatic heterocycles. The van der Waals surface area contributed by atoms with Crippen LogP contribution >= 0.6 is 11.8 Å². The van der Waals surface area contributed by atoms with Crippen LogP contribution in [0.15, 0.2) is 65.6 Å². The molecule has 0 N–H and O–H groups in total. The van der Waals surface area contributed by atoms with Crippen molar-refractivity contribution in [1.29, 1.82) is 0 Å². The Balaban J connectivity index is 1.61. The topological polar surface area (TPSA) is 0 Å². The molecule has 1 heteroatoms. The number of thioether (sulfide) groups is 1. The van der Waals surface area contributed by atoms with Crippen molar-refractivity contribution in [3.63, 3.8) is 0 Å². The Bertz CT molecular complexity index is 1380. The van der Waals surface area contributed by atoms with Gasteiger partial charge in [0.1, 0.15) is 0 Å². The van der Waals surface area contributed by atoms with Crippen molar-refractivity contribution in [3.8, 4) is 0 Å². The highest BCUT2D eigenvalue weighted by molar-refractivity contribution is 7.98. The summed E-state index contributed by atoms with van der Waals surface area (Å²) in [4.78, 5) is 1.34. The van der Waals surface area contributed by atoms with Gasteiger partial charge in [0.25, 0.3) is 0 Å². The van der Waals surface area contributed by atoms with Gasteiger partial charge in [-0.15, -0.1) is 11.8 Å². The van der Waals surface area contributed by atoms with Gasteiger partial charge in [-0.3, -0.25) is 0 Å². The van der Waals surface area contributed by atoms with Gasteiger partial charge in [-0.2, -0.15) is 0 Å². The monoisotopic (exact) mass is 508 g/mol. The van der Waals surface area contributed by atoms with Gasteiger partial charge in [0.15, 0.2) is 0 Å². The Morgan fingerprint density at radius 1 is 0.649 bits per heavy atom. The lowest BCUT2D eigenvalue weighted by molar-refractivity contribution is 0.625. The Labute approximate surface area is 229 Å². The number of rotatable bonds is 11. The van der Waals surface area contributed by atoms with E-state index in [0.717, 1.165) is 0 Å². The molecule has 0 nitrogen and oxygen atoms in total. The largest absolute Gasteiger partial charge is 0.129 e. The van der Waals surface area contributed by atoms with E-state index in [1.165, 1.54) is 92.8 Å². The highest BCUT2D eigenvalue weighted by Crippen LogP contribution is 2.32. The molecule has 0 spiro atoms. The summed E-state index contributed by atoms with van der Waals surface area (Å²) < 4.78 is 0. The third kappa shape index (κ3) is 6.68. The van der Waals surface area contributed by atoms with Crippen LogP contribution in [0.3, 0.4) is 0 Å². The van der Waals surface area contributed by atoms with Gasteiger partial charge in [-0.1, -0.05) is 108 Å². The Kier molecular flexibility index (Phi) is 9.54. The molecule has 4 rings (SSSR count). The van der Waals surface area contributed by atoms with Crippen LogP contribution in [0.2, 0.25) is 0 Å². The molecule has 0 heterocycles. The number of aryl methyl sites for hydroxylation is 1. The molecule has 4 aromatic carbocycles. The minimum absolute atomic E-state index is 0.619. The summed E-state index contributed by atoms with van der Waals surface area (Å²) in [6, 6.07) is 23.6. The van der Waals surface area contributed by atoms with Crippen molar-refractivity contribution < 1.29 is 0 Å². The van der Waals surface area contributed by atoms with Gasteiger partial charge in [0.05, 0.1) is 0 Å². The molecule has 4 aromatic rings. The van der Waals surface area contributed by atoms with E-state index in [4.69, 9.17) is 0 Å². The zero-order valence-electron chi connectivity index (χ0n) is 23.7. The van der Waals surface area contributed by atoms with Crippen molar-refractivity contribution in [2.75, 3.05) is 6.26 Å². The molecule has 2 unspecified atom stereocenters. The third-order valence-corrected chi connectivity index (χ3v) is 8.82. The lowest BCUT2D eigenvalue weighted by atomic mass is 9.92.